The molecule has 2 heterocycles. The molecular formula is C33H37NNaO2PSe. The first-order valence-corrected chi connectivity index (χ1v) is 17.4. The first-order valence-electron chi connectivity index (χ1n) is 13.5. The summed E-state index contributed by atoms with van der Waals surface area (Å²) in [6, 6.07) is 42.4. The van der Waals surface area contributed by atoms with Crippen molar-refractivity contribution in [3.8, 4) is 0 Å². The van der Waals surface area contributed by atoms with Crippen LogP contribution in [0.25, 0.3) is 0 Å². The van der Waals surface area contributed by atoms with Gasteiger partial charge in [-0.3, -0.25) is 0 Å². The monoisotopic (exact) mass is 613 g/mol. The fourth-order valence-electron chi connectivity index (χ4n) is 4.32. The Kier molecular flexibility index (Phi) is 14.9. The summed E-state index contributed by atoms with van der Waals surface area (Å²) in [5.41, 5.74) is 2.42. The topological polar surface area (TPSA) is 30.8 Å². The molecule has 4 aromatic rings. The molecule has 0 aromatic heterocycles. The van der Waals surface area contributed by atoms with Gasteiger partial charge in [-0.05, 0) is 25.7 Å². The first-order chi connectivity index (χ1) is 18.8. The summed E-state index contributed by atoms with van der Waals surface area (Å²) in [6.45, 7) is 4.00. The van der Waals surface area contributed by atoms with Gasteiger partial charge in [0.25, 0.3) is 0 Å². The third-order valence-corrected chi connectivity index (χ3v) is 12.2. The third kappa shape index (κ3) is 10.2. The van der Waals surface area contributed by atoms with Gasteiger partial charge in [-0.15, -0.1) is 0 Å². The molecule has 4 aromatic carbocycles. The molecule has 0 radical (unpaired) electrons. The van der Waals surface area contributed by atoms with Gasteiger partial charge in [-0.1, -0.05) is 0 Å². The molecule has 2 saturated heterocycles. The van der Waals surface area contributed by atoms with Gasteiger partial charge in [0.15, 0.2) is 0 Å². The molecule has 0 spiro atoms. The minimum atomic E-state index is -2.06. The van der Waals surface area contributed by atoms with Gasteiger partial charge in [0.05, 0.1) is 0 Å². The molecular weight excluding hydrogens is 575 g/mol. The van der Waals surface area contributed by atoms with Crippen LogP contribution in [0.1, 0.15) is 42.9 Å². The standard InChI is InChI=1S/C25H21NPSe.2C4H8O.Na/c28-27(23-17-9-3-10-18-23,24-19-11-4-12-20-24)26-25(21-13-5-1-6-14-21)22-15-7-2-8-16-22;2*1-2-4-5-3-1;/h1-20,25H;2*1-4H2;/q-1;;;+1. The number of ether oxygens (including phenoxy) is 2. The van der Waals surface area contributed by atoms with Gasteiger partial charge in [0, 0.05) is 26.4 Å². The molecule has 0 unspecified atom stereocenters. The van der Waals surface area contributed by atoms with E-state index in [1.54, 1.807) is 0 Å². The van der Waals surface area contributed by atoms with E-state index in [0.717, 1.165) is 26.4 Å². The molecule has 6 rings (SSSR count). The number of rotatable bonds is 5. The Morgan fingerprint density at radius 1 is 0.513 bits per heavy atom. The SMILES string of the molecule is C1CCOC1.C1CCOC1.[Na+].[Se-]P(=NC(c1ccccc1)c1ccccc1)(c1ccccc1)c1ccccc1. The molecule has 0 amide bonds. The van der Waals surface area contributed by atoms with E-state index in [0.29, 0.717) is 0 Å². The van der Waals surface area contributed by atoms with Crippen LogP contribution in [0, 0.1) is 0 Å². The molecule has 0 saturated carbocycles. The molecule has 39 heavy (non-hydrogen) atoms. The zero-order valence-corrected chi connectivity index (χ0v) is 27.5. The Labute approximate surface area is 264 Å². The van der Waals surface area contributed by atoms with Crippen molar-refractivity contribution in [1.82, 2.24) is 0 Å². The van der Waals surface area contributed by atoms with E-state index in [-0.39, 0.29) is 35.6 Å². The maximum atomic E-state index is 5.54. The normalized spacial score (nSPS) is 14.3. The number of hydrogen-bond acceptors (Lipinski definition) is 3. The molecule has 2 fully saturated rings. The van der Waals surface area contributed by atoms with Gasteiger partial charge in [-0.25, -0.2) is 0 Å². The Hall–Kier alpha value is -1.45. The maximum absolute atomic E-state index is 5.54. The number of hydrogen-bond donors (Lipinski definition) is 0. The fourth-order valence-corrected chi connectivity index (χ4v) is 8.76. The third-order valence-electron chi connectivity index (χ3n) is 6.38. The summed E-state index contributed by atoms with van der Waals surface area (Å²) in [7, 11) is 0. The van der Waals surface area contributed by atoms with E-state index in [1.165, 1.54) is 47.4 Å². The summed E-state index contributed by atoms with van der Waals surface area (Å²) in [6.07, 6.45) is 5.11. The molecule has 3 nitrogen and oxygen atoms in total. The number of nitrogens with zero attached hydrogens (tertiary/aromatic N) is 1. The Balaban J connectivity index is 0.000000319. The fraction of sp³-hybridized carbons (Fsp3) is 0.273. The van der Waals surface area contributed by atoms with Crippen molar-refractivity contribution < 1.29 is 39.0 Å². The van der Waals surface area contributed by atoms with Gasteiger partial charge < -0.3 is 9.47 Å². The van der Waals surface area contributed by atoms with E-state index in [2.05, 4.69) is 137 Å². The van der Waals surface area contributed by atoms with Crippen LogP contribution in [0.5, 0.6) is 0 Å². The van der Waals surface area contributed by atoms with Crippen molar-refractivity contribution in [3.05, 3.63) is 132 Å². The van der Waals surface area contributed by atoms with Crippen LogP contribution in [0.4, 0.5) is 0 Å². The van der Waals surface area contributed by atoms with Crippen molar-refractivity contribution in [2.75, 3.05) is 26.4 Å². The van der Waals surface area contributed by atoms with Crippen LogP contribution in [-0.4, -0.2) is 42.0 Å². The summed E-state index contributed by atoms with van der Waals surface area (Å²) in [5, 5.41) is 2.50. The molecule has 0 aliphatic carbocycles. The Morgan fingerprint density at radius 2 is 0.821 bits per heavy atom. The molecule has 0 N–H and O–H groups in total. The summed E-state index contributed by atoms with van der Waals surface area (Å²) in [5.74, 6) is -2.06. The Bertz CT molecular complexity index is 1130. The van der Waals surface area contributed by atoms with Crippen LogP contribution in [0.3, 0.4) is 0 Å². The summed E-state index contributed by atoms with van der Waals surface area (Å²) >= 11 is 3.54. The quantitative estimate of drug-likeness (QED) is 0.249. The van der Waals surface area contributed by atoms with Crippen molar-refractivity contribution >= 4 is 31.9 Å². The second-order valence-corrected chi connectivity index (χ2v) is 15.0. The van der Waals surface area contributed by atoms with Gasteiger partial charge in [-0.2, -0.15) is 0 Å². The molecule has 198 valence electrons. The van der Waals surface area contributed by atoms with E-state index in [1.807, 2.05) is 0 Å². The summed E-state index contributed by atoms with van der Waals surface area (Å²) in [4.78, 5) is 0. The molecule has 0 bridgehead atoms. The van der Waals surface area contributed by atoms with Gasteiger partial charge >= 0.3 is 205 Å². The average molecular weight is 613 g/mol. The van der Waals surface area contributed by atoms with E-state index < -0.39 is 5.74 Å². The molecule has 6 heteroatoms. The van der Waals surface area contributed by atoms with Crippen LogP contribution in [-0.2, 0) is 9.47 Å². The predicted octanol–water partition coefficient (Wildman–Crippen LogP) is 4.31. The van der Waals surface area contributed by atoms with Crippen molar-refractivity contribution in [2.45, 2.75) is 31.7 Å². The van der Waals surface area contributed by atoms with Crippen LogP contribution < -0.4 is 40.2 Å². The van der Waals surface area contributed by atoms with E-state index >= 15 is 0 Å². The zero-order valence-electron chi connectivity index (χ0n) is 22.9. The summed E-state index contributed by atoms with van der Waals surface area (Å²) < 4.78 is 15.4. The van der Waals surface area contributed by atoms with Crippen LogP contribution in [0.15, 0.2) is 126 Å². The van der Waals surface area contributed by atoms with E-state index in [9.17, 15) is 0 Å². The molecule has 2 aliphatic rings. The van der Waals surface area contributed by atoms with Crippen molar-refractivity contribution in [1.29, 1.82) is 0 Å². The average Bonchev–Trinajstić information content (AvgIpc) is 3.78. The van der Waals surface area contributed by atoms with Gasteiger partial charge in [0.2, 0.25) is 0 Å². The van der Waals surface area contributed by atoms with Gasteiger partial charge in [0.1, 0.15) is 0 Å². The molecule has 2 aliphatic heterocycles. The second kappa shape index (κ2) is 18.1. The first kappa shape index (κ1) is 32.1. The molecule has 0 atom stereocenters. The van der Waals surface area contributed by atoms with Crippen molar-refractivity contribution in [3.63, 3.8) is 0 Å². The van der Waals surface area contributed by atoms with E-state index in [4.69, 9.17) is 14.2 Å². The predicted molar refractivity (Wildman–Crippen MR) is 162 cm³/mol. The van der Waals surface area contributed by atoms with Crippen LogP contribution >= 0.6 is 5.74 Å². The van der Waals surface area contributed by atoms with Crippen molar-refractivity contribution in [2.24, 2.45) is 4.74 Å². The number of benzene rings is 4. The Morgan fingerprint density at radius 3 is 1.10 bits per heavy atom. The second-order valence-electron chi connectivity index (χ2n) is 9.23. The zero-order chi connectivity index (χ0) is 26.3. The van der Waals surface area contributed by atoms with Crippen LogP contribution in [0.2, 0.25) is 0 Å². The minimum absolute atomic E-state index is 0.